The van der Waals surface area contributed by atoms with Gasteiger partial charge >= 0.3 is 5.97 Å². The minimum Gasteiger partial charge on any atom is -0.459 e. The van der Waals surface area contributed by atoms with E-state index in [4.69, 9.17) is 9.84 Å². The Labute approximate surface area is 125 Å². The fraction of sp³-hybridized carbons (Fsp3) is 0.500. The number of hydrogen-bond donors (Lipinski definition) is 5. The van der Waals surface area contributed by atoms with Gasteiger partial charge < -0.3 is 30.0 Å². The SMILES string of the molecule is CC(=Cc1c[nH]nn1)C(=O)OC[C@@H](O)[C@@H](O)[C@H](O)[C@@H](O)C=O. The molecule has 0 aliphatic rings. The molecule has 22 heavy (non-hydrogen) atoms. The van der Waals surface area contributed by atoms with E-state index in [2.05, 4.69) is 15.4 Å². The van der Waals surface area contributed by atoms with Crippen molar-refractivity contribution in [2.45, 2.75) is 31.3 Å². The zero-order valence-electron chi connectivity index (χ0n) is 11.7. The lowest BCUT2D eigenvalue weighted by molar-refractivity contribution is -0.152. The van der Waals surface area contributed by atoms with Crippen molar-refractivity contribution in [3.8, 4) is 0 Å². The topological polar surface area (TPSA) is 166 Å². The van der Waals surface area contributed by atoms with Crippen LogP contribution in [0.1, 0.15) is 12.6 Å². The van der Waals surface area contributed by atoms with Crippen LogP contribution in [0.5, 0.6) is 0 Å². The normalized spacial score (nSPS) is 17.4. The number of ether oxygens (including phenoxy) is 1. The van der Waals surface area contributed by atoms with Gasteiger partial charge in [0.25, 0.3) is 0 Å². The van der Waals surface area contributed by atoms with Crippen LogP contribution >= 0.6 is 0 Å². The molecular weight excluding hydrogens is 298 g/mol. The van der Waals surface area contributed by atoms with Crippen LogP contribution in [0, 0.1) is 0 Å². The molecule has 0 amide bonds. The molecule has 122 valence electrons. The third-order valence-corrected chi connectivity index (χ3v) is 2.74. The number of esters is 1. The Morgan fingerprint density at radius 2 is 2.05 bits per heavy atom. The Hall–Kier alpha value is -2.14. The number of nitrogens with zero attached hydrogens (tertiary/aromatic N) is 2. The van der Waals surface area contributed by atoms with E-state index < -0.39 is 37.0 Å². The Kier molecular flexibility index (Phi) is 6.79. The molecule has 0 bridgehead atoms. The third kappa shape index (κ3) is 5.00. The number of aromatic amines is 1. The van der Waals surface area contributed by atoms with E-state index in [9.17, 15) is 24.9 Å². The highest BCUT2D eigenvalue weighted by atomic mass is 16.5. The van der Waals surface area contributed by atoms with Crippen LogP contribution in [-0.4, -0.2) is 79.1 Å². The summed E-state index contributed by atoms with van der Waals surface area (Å²) in [5, 5.41) is 47.0. The zero-order chi connectivity index (χ0) is 16.7. The van der Waals surface area contributed by atoms with E-state index >= 15 is 0 Å². The number of rotatable bonds is 8. The summed E-state index contributed by atoms with van der Waals surface area (Å²) < 4.78 is 4.74. The first-order valence-electron chi connectivity index (χ1n) is 6.26. The fourth-order valence-electron chi connectivity index (χ4n) is 1.45. The largest absolute Gasteiger partial charge is 0.459 e. The van der Waals surface area contributed by atoms with Crippen LogP contribution in [0.3, 0.4) is 0 Å². The van der Waals surface area contributed by atoms with Crippen molar-refractivity contribution in [3.63, 3.8) is 0 Å². The van der Waals surface area contributed by atoms with Gasteiger partial charge in [-0.15, -0.1) is 5.10 Å². The van der Waals surface area contributed by atoms with Crippen LogP contribution in [0.25, 0.3) is 6.08 Å². The van der Waals surface area contributed by atoms with Crippen molar-refractivity contribution in [3.05, 3.63) is 17.5 Å². The monoisotopic (exact) mass is 315 g/mol. The number of hydrogen-bond acceptors (Lipinski definition) is 9. The van der Waals surface area contributed by atoms with E-state index in [1.54, 1.807) is 0 Å². The lowest BCUT2D eigenvalue weighted by atomic mass is 10.0. The first-order chi connectivity index (χ1) is 10.4. The molecule has 4 atom stereocenters. The van der Waals surface area contributed by atoms with Gasteiger partial charge in [0.15, 0.2) is 6.29 Å². The summed E-state index contributed by atoms with van der Waals surface area (Å²) in [6.07, 6.45) is -4.42. The highest BCUT2D eigenvalue weighted by molar-refractivity contribution is 5.92. The van der Waals surface area contributed by atoms with Crippen LogP contribution < -0.4 is 0 Å². The maximum Gasteiger partial charge on any atom is 0.333 e. The average molecular weight is 315 g/mol. The molecule has 0 saturated heterocycles. The molecule has 0 aliphatic heterocycles. The van der Waals surface area contributed by atoms with Gasteiger partial charge in [-0.25, -0.2) is 4.79 Å². The quantitative estimate of drug-likeness (QED) is 0.196. The average Bonchev–Trinajstić information content (AvgIpc) is 3.02. The maximum atomic E-state index is 11.6. The number of H-pyrrole nitrogens is 1. The Morgan fingerprint density at radius 3 is 2.59 bits per heavy atom. The highest BCUT2D eigenvalue weighted by Gasteiger charge is 2.30. The van der Waals surface area contributed by atoms with Crippen molar-refractivity contribution < 1.29 is 34.8 Å². The summed E-state index contributed by atoms with van der Waals surface area (Å²) in [5.41, 5.74) is 0.573. The predicted molar refractivity (Wildman–Crippen MR) is 71.1 cm³/mol. The molecule has 0 fully saturated rings. The van der Waals surface area contributed by atoms with Gasteiger partial charge in [-0.2, -0.15) is 0 Å². The summed E-state index contributed by atoms with van der Waals surface area (Å²) in [6, 6.07) is 0. The second-order valence-corrected chi connectivity index (χ2v) is 4.50. The number of carbonyl (C=O) groups is 2. The Balaban J connectivity index is 2.51. The molecule has 0 unspecified atom stereocenters. The molecule has 0 aromatic carbocycles. The lowest BCUT2D eigenvalue weighted by Crippen LogP contribution is -2.46. The summed E-state index contributed by atoms with van der Waals surface area (Å²) in [4.78, 5) is 21.9. The smallest absolute Gasteiger partial charge is 0.333 e. The van der Waals surface area contributed by atoms with Crippen LogP contribution in [0.4, 0.5) is 0 Å². The molecule has 1 heterocycles. The zero-order valence-corrected chi connectivity index (χ0v) is 11.7. The number of aromatic nitrogens is 3. The van der Waals surface area contributed by atoms with Gasteiger partial charge in [0.05, 0.1) is 0 Å². The number of carbonyl (C=O) groups excluding carboxylic acids is 2. The van der Waals surface area contributed by atoms with Crippen LogP contribution in [0.15, 0.2) is 11.8 Å². The summed E-state index contributed by atoms with van der Waals surface area (Å²) in [7, 11) is 0. The Bertz CT molecular complexity index is 517. The third-order valence-electron chi connectivity index (χ3n) is 2.74. The number of aliphatic hydroxyl groups is 4. The summed E-state index contributed by atoms with van der Waals surface area (Å²) >= 11 is 0. The molecule has 0 radical (unpaired) electrons. The van der Waals surface area contributed by atoms with Gasteiger partial charge in [0.1, 0.15) is 36.7 Å². The van der Waals surface area contributed by atoms with E-state index in [0.29, 0.717) is 5.69 Å². The van der Waals surface area contributed by atoms with Crippen LogP contribution in [-0.2, 0) is 14.3 Å². The lowest BCUT2D eigenvalue weighted by Gasteiger charge is -2.23. The van der Waals surface area contributed by atoms with Crippen LogP contribution in [0.2, 0.25) is 0 Å². The fourth-order valence-corrected chi connectivity index (χ4v) is 1.45. The second-order valence-electron chi connectivity index (χ2n) is 4.50. The molecule has 0 saturated carbocycles. The second kappa shape index (κ2) is 8.34. The van der Waals surface area contributed by atoms with Gasteiger partial charge in [-0.05, 0) is 13.0 Å². The van der Waals surface area contributed by atoms with Crippen molar-refractivity contribution >= 4 is 18.3 Å². The number of aliphatic hydroxyl groups excluding tert-OH is 4. The molecule has 10 heteroatoms. The van der Waals surface area contributed by atoms with Crippen molar-refractivity contribution in [2.75, 3.05) is 6.61 Å². The minimum atomic E-state index is -1.89. The molecule has 10 nitrogen and oxygen atoms in total. The number of nitrogens with one attached hydrogen (secondary N) is 1. The molecule has 1 rings (SSSR count). The molecule has 0 aliphatic carbocycles. The van der Waals surface area contributed by atoms with E-state index in [0.717, 1.165) is 0 Å². The first kappa shape index (κ1) is 17.9. The highest BCUT2D eigenvalue weighted by Crippen LogP contribution is 2.07. The standard InChI is InChI=1S/C12H17N3O7/c1-6(2-7-3-13-15-14-7)12(21)22-5-9(18)11(20)10(19)8(17)4-16/h2-4,8-11,17-20H,5H2,1H3,(H,13,14,15)/t8-,9+,10+,11+/m0/s1. The summed E-state index contributed by atoms with van der Waals surface area (Å²) in [6.45, 7) is 0.817. The van der Waals surface area contributed by atoms with Gasteiger partial charge in [0.2, 0.25) is 0 Å². The van der Waals surface area contributed by atoms with Crippen molar-refractivity contribution in [2.24, 2.45) is 0 Å². The predicted octanol–water partition coefficient (Wildman–Crippen LogP) is -2.61. The molecule has 1 aromatic rings. The molecule has 0 spiro atoms. The maximum absolute atomic E-state index is 11.6. The number of aldehydes is 1. The van der Waals surface area contributed by atoms with Crippen molar-refractivity contribution in [1.29, 1.82) is 0 Å². The summed E-state index contributed by atoms with van der Waals surface area (Å²) in [5.74, 6) is -0.778. The first-order valence-corrected chi connectivity index (χ1v) is 6.26. The van der Waals surface area contributed by atoms with E-state index in [1.807, 2.05) is 0 Å². The van der Waals surface area contributed by atoms with E-state index in [1.165, 1.54) is 19.2 Å². The Morgan fingerprint density at radius 1 is 1.36 bits per heavy atom. The van der Waals surface area contributed by atoms with Gasteiger partial charge in [-0.3, -0.25) is 5.10 Å². The van der Waals surface area contributed by atoms with Gasteiger partial charge in [-0.1, -0.05) is 5.21 Å². The minimum absolute atomic E-state index is 0.0113. The molecule has 5 N–H and O–H groups in total. The van der Waals surface area contributed by atoms with Crippen molar-refractivity contribution in [1.82, 2.24) is 15.4 Å². The van der Waals surface area contributed by atoms with Gasteiger partial charge in [0, 0.05) is 11.8 Å². The molecule has 1 aromatic heterocycles. The molecular formula is C12H17N3O7. The van der Waals surface area contributed by atoms with E-state index in [-0.39, 0.29) is 11.9 Å².